The molecule has 0 aliphatic carbocycles. The molecule has 3 rings (SSSR count). The van der Waals surface area contributed by atoms with Gasteiger partial charge < -0.3 is 15.4 Å². The molecule has 0 unspecified atom stereocenters. The zero-order valence-corrected chi connectivity index (χ0v) is 15.4. The lowest BCUT2D eigenvalue weighted by Crippen LogP contribution is -2.39. The van der Waals surface area contributed by atoms with Crippen LogP contribution in [0.2, 0.25) is 0 Å². The van der Waals surface area contributed by atoms with E-state index in [9.17, 15) is 4.79 Å². The lowest BCUT2D eigenvalue weighted by Gasteiger charge is -2.26. The number of nitrogens with one attached hydrogen (secondary N) is 2. The van der Waals surface area contributed by atoms with Crippen LogP contribution in [0.15, 0.2) is 36.5 Å². The van der Waals surface area contributed by atoms with E-state index in [4.69, 9.17) is 4.74 Å². The Labute approximate surface area is 154 Å². The van der Waals surface area contributed by atoms with Crippen LogP contribution in [0.4, 0.5) is 11.5 Å². The highest BCUT2D eigenvalue weighted by atomic mass is 16.5. The first-order valence-corrected chi connectivity index (χ1v) is 9.00. The third-order valence-electron chi connectivity index (χ3n) is 4.49. The molecule has 0 spiro atoms. The van der Waals surface area contributed by atoms with Gasteiger partial charge in [-0.2, -0.15) is 0 Å². The van der Waals surface area contributed by atoms with E-state index in [0.29, 0.717) is 5.56 Å². The summed E-state index contributed by atoms with van der Waals surface area (Å²) < 4.78 is 5.34. The molecular weight excluding hydrogens is 328 g/mol. The van der Waals surface area contributed by atoms with E-state index in [1.807, 2.05) is 32.0 Å². The number of nitrogens with zero attached hydrogens (tertiary/aromatic N) is 2. The predicted molar refractivity (Wildman–Crippen MR) is 104 cm³/mol. The molecule has 6 heteroatoms. The minimum Gasteiger partial charge on any atom is -0.379 e. The van der Waals surface area contributed by atoms with Crippen molar-refractivity contribution in [3.05, 3.63) is 53.2 Å². The summed E-state index contributed by atoms with van der Waals surface area (Å²) in [6, 6.07) is 9.61. The Morgan fingerprint density at radius 1 is 1.19 bits per heavy atom. The van der Waals surface area contributed by atoms with Crippen molar-refractivity contribution >= 4 is 17.4 Å². The van der Waals surface area contributed by atoms with Gasteiger partial charge in [-0.15, -0.1) is 0 Å². The second kappa shape index (κ2) is 8.78. The average molecular weight is 354 g/mol. The van der Waals surface area contributed by atoms with Crippen LogP contribution in [-0.4, -0.2) is 55.2 Å². The number of benzene rings is 1. The Hall–Kier alpha value is -2.44. The highest BCUT2D eigenvalue weighted by molar-refractivity contribution is 6.04. The van der Waals surface area contributed by atoms with Gasteiger partial charge in [0.15, 0.2) is 0 Å². The molecule has 1 aliphatic heterocycles. The molecule has 1 aromatic carbocycles. The van der Waals surface area contributed by atoms with Crippen molar-refractivity contribution in [1.82, 2.24) is 9.88 Å². The molecule has 1 aromatic heterocycles. The third kappa shape index (κ3) is 5.03. The second-order valence-electron chi connectivity index (χ2n) is 6.59. The highest BCUT2D eigenvalue weighted by Gasteiger charge is 2.10. The van der Waals surface area contributed by atoms with Gasteiger partial charge in [0, 0.05) is 38.1 Å². The highest BCUT2D eigenvalue weighted by Crippen LogP contribution is 2.17. The fourth-order valence-electron chi connectivity index (χ4n) is 2.95. The van der Waals surface area contributed by atoms with Gasteiger partial charge in [0.1, 0.15) is 5.82 Å². The van der Waals surface area contributed by atoms with Crippen molar-refractivity contribution in [3.8, 4) is 0 Å². The van der Waals surface area contributed by atoms with Gasteiger partial charge >= 0.3 is 0 Å². The van der Waals surface area contributed by atoms with E-state index in [-0.39, 0.29) is 5.91 Å². The molecule has 0 saturated carbocycles. The summed E-state index contributed by atoms with van der Waals surface area (Å²) in [4.78, 5) is 19.1. The summed E-state index contributed by atoms with van der Waals surface area (Å²) >= 11 is 0. The molecule has 6 nitrogen and oxygen atoms in total. The van der Waals surface area contributed by atoms with Crippen molar-refractivity contribution in [2.75, 3.05) is 50.0 Å². The van der Waals surface area contributed by atoms with Crippen LogP contribution in [0.5, 0.6) is 0 Å². The van der Waals surface area contributed by atoms with Gasteiger partial charge in [-0.1, -0.05) is 17.7 Å². The molecule has 2 aromatic rings. The summed E-state index contributed by atoms with van der Waals surface area (Å²) in [6.45, 7) is 9.38. The van der Waals surface area contributed by atoms with Crippen LogP contribution in [0.25, 0.3) is 0 Å². The van der Waals surface area contributed by atoms with Crippen molar-refractivity contribution in [2.24, 2.45) is 0 Å². The molecule has 1 saturated heterocycles. The van der Waals surface area contributed by atoms with Gasteiger partial charge in [0.25, 0.3) is 5.91 Å². The summed E-state index contributed by atoms with van der Waals surface area (Å²) in [5, 5.41) is 6.24. The third-order valence-corrected chi connectivity index (χ3v) is 4.49. The van der Waals surface area contributed by atoms with Crippen molar-refractivity contribution in [3.63, 3.8) is 0 Å². The maximum absolute atomic E-state index is 12.4. The number of carbonyl (C=O) groups is 1. The molecule has 1 amide bonds. The predicted octanol–water partition coefficient (Wildman–Crippen LogP) is 2.69. The number of aryl methyl sites for hydroxylation is 2. The van der Waals surface area contributed by atoms with Crippen molar-refractivity contribution in [1.29, 1.82) is 0 Å². The summed E-state index contributed by atoms with van der Waals surface area (Å²) in [7, 11) is 0. The number of amides is 1. The van der Waals surface area contributed by atoms with Crippen LogP contribution >= 0.6 is 0 Å². The Morgan fingerprint density at radius 2 is 2.00 bits per heavy atom. The average Bonchev–Trinajstić information content (AvgIpc) is 2.65. The molecule has 1 aliphatic rings. The number of pyridine rings is 1. The number of morpholine rings is 1. The molecule has 138 valence electrons. The summed E-state index contributed by atoms with van der Waals surface area (Å²) in [5.74, 6) is 0.630. The van der Waals surface area contributed by atoms with Crippen LogP contribution in [-0.2, 0) is 4.74 Å². The van der Waals surface area contributed by atoms with Crippen molar-refractivity contribution < 1.29 is 9.53 Å². The first kappa shape index (κ1) is 18.4. The van der Waals surface area contributed by atoms with Gasteiger partial charge in [0.05, 0.1) is 18.8 Å². The molecule has 0 bridgehead atoms. The summed E-state index contributed by atoms with van der Waals surface area (Å²) in [6.07, 6.45) is 1.61. The van der Waals surface area contributed by atoms with E-state index >= 15 is 0 Å². The minimum atomic E-state index is -0.149. The Balaban J connectivity index is 1.50. The van der Waals surface area contributed by atoms with Crippen LogP contribution in [0.1, 0.15) is 21.5 Å². The van der Waals surface area contributed by atoms with Crippen LogP contribution < -0.4 is 10.6 Å². The van der Waals surface area contributed by atoms with Crippen molar-refractivity contribution in [2.45, 2.75) is 13.8 Å². The molecule has 26 heavy (non-hydrogen) atoms. The van der Waals surface area contributed by atoms with E-state index in [1.54, 1.807) is 12.3 Å². The first-order chi connectivity index (χ1) is 12.6. The fourth-order valence-corrected chi connectivity index (χ4v) is 2.95. The molecular formula is C20H26N4O2. The molecule has 2 N–H and O–H groups in total. The number of aromatic nitrogens is 1. The van der Waals surface area contributed by atoms with Crippen LogP contribution in [0, 0.1) is 13.8 Å². The van der Waals surface area contributed by atoms with E-state index in [2.05, 4.69) is 26.6 Å². The lowest BCUT2D eigenvalue weighted by atomic mass is 10.1. The van der Waals surface area contributed by atoms with Crippen LogP contribution in [0.3, 0.4) is 0 Å². The lowest BCUT2D eigenvalue weighted by molar-refractivity contribution is 0.0398. The molecule has 0 radical (unpaired) electrons. The number of anilines is 2. The monoisotopic (exact) mass is 354 g/mol. The normalized spacial score (nSPS) is 14.8. The first-order valence-electron chi connectivity index (χ1n) is 9.00. The zero-order valence-electron chi connectivity index (χ0n) is 15.4. The van der Waals surface area contributed by atoms with Gasteiger partial charge in [0.2, 0.25) is 0 Å². The van der Waals surface area contributed by atoms with E-state index in [0.717, 1.165) is 56.5 Å². The van der Waals surface area contributed by atoms with Gasteiger partial charge in [-0.25, -0.2) is 4.98 Å². The molecule has 1 fully saturated rings. The number of hydrogen-bond donors (Lipinski definition) is 2. The number of hydrogen-bond acceptors (Lipinski definition) is 5. The SMILES string of the molecule is Cc1ccc(NC(=O)c2ccc(NCCN3CCOCC3)nc2)c(C)c1. The van der Waals surface area contributed by atoms with E-state index in [1.165, 1.54) is 5.56 Å². The smallest absolute Gasteiger partial charge is 0.257 e. The Morgan fingerprint density at radius 3 is 2.69 bits per heavy atom. The number of ether oxygens (including phenoxy) is 1. The quantitative estimate of drug-likeness (QED) is 0.835. The number of rotatable bonds is 6. The Bertz CT molecular complexity index is 740. The second-order valence-corrected chi connectivity index (χ2v) is 6.59. The topological polar surface area (TPSA) is 66.5 Å². The molecule has 0 atom stereocenters. The maximum Gasteiger partial charge on any atom is 0.257 e. The van der Waals surface area contributed by atoms with Gasteiger partial charge in [-0.3, -0.25) is 9.69 Å². The Kier molecular flexibility index (Phi) is 6.20. The zero-order chi connectivity index (χ0) is 18.4. The minimum absolute atomic E-state index is 0.149. The van der Waals surface area contributed by atoms with Gasteiger partial charge in [-0.05, 0) is 37.6 Å². The standard InChI is InChI=1S/C20H26N4O2/c1-15-3-5-18(16(2)13-15)23-20(25)17-4-6-19(22-14-17)21-7-8-24-9-11-26-12-10-24/h3-6,13-14H,7-12H2,1-2H3,(H,21,22)(H,23,25). The number of carbonyl (C=O) groups excluding carboxylic acids is 1. The largest absolute Gasteiger partial charge is 0.379 e. The molecule has 2 heterocycles. The fraction of sp³-hybridized carbons (Fsp3) is 0.400. The maximum atomic E-state index is 12.4. The van der Waals surface area contributed by atoms with E-state index < -0.39 is 0 Å². The summed E-state index contributed by atoms with van der Waals surface area (Å²) in [5.41, 5.74) is 3.60.